The Bertz CT molecular complexity index is 648. The van der Waals surface area contributed by atoms with E-state index in [-0.39, 0.29) is 5.56 Å². The van der Waals surface area contributed by atoms with Crippen molar-refractivity contribution in [1.29, 1.82) is 0 Å². The summed E-state index contributed by atoms with van der Waals surface area (Å²) in [5, 5.41) is 0.403. The zero-order valence-corrected chi connectivity index (χ0v) is 10.0. The van der Waals surface area contributed by atoms with Crippen molar-refractivity contribution in [3.8, 4) is 0 Å². The van der Waals surface area contributed by atoms with E-state index in [1.807, 2.05) is 0 Å². The molecule has 1 aromatic carbocycles. The van der Waals surface area contributed by atoms with Crippen LogP contribution in [0.15, 0.2) is 24.4 Å². The van der Waals surface area contributed by atoms with Crippen molar-refractivity contribution in [2.45, 2.75) is 5.75 Å². The summed E-state index contributed by atoms with van der Waals surface area (Å²) in [5.41, 5.74) is 0.807. The largest absolute Gasteiger partial charge is 0.350 e. The second-order valence-electron chi connectivity index (χ2n) is 3.58. The molecule has 0 aliphatic carbocycles. The molecule has 6 heteroatoms. The third kappa shape index (κ3) is 2.05. The van der Waals surface area contributed by atoms with Crippen LogP contribution < -0.4 is 0 Å². The van der Waals surface area contributed by atoms with Crippen LogP contribution in [0.3, 0.4) is 0 Å². The first-order chi connectivity index (χ1) is 7.38. The third-order valence-corrected chi connectivity index (χ3v) is 3.39. The van der Waals surface area contributed by atoms with Gasteiger partial charge in [-0.2, -0.15) is 0 Å². The van der Waals surface area contributed by atoms with E-state index in [1.165, 1.54) is 6.07 Å². The molecule has 1 aromatic heterocycles. The molecule has 86 valence electrons. The highest BCUT2D eigenvalue weighted by atomic mass is 35.7. The molecule has 0 saturated carbocycles. The Morgan fingerprint density at radius 2 is 2.06 bits per heavy atom. The van der Waals surface area contributed by atoms with Crippen molar-refractivity contribution in [2.24, 2.45) is 7.05 Å². The van der Waals surface area contributed by atoms with Gasteiger partial charge in [-0.1, -0.05) is 6.07 Å². The molecule has 0 radical (unpaired) electrons. The second kappa shape index (κ2) is 3.75. The first kappa shape index (κ1) is 11.4. The number of rotatable bonds is 2. The SMILES string of the molecule is Cn1ccc2c(F)c(CS(=O)(=O)Cl)ccc21. The Hall–Kier alpha value is -1.07. The molecular formula is C10H9ClFNO2S. The molecule has 2 aromatic rings. The number of hydrogen-bond acceptors (Lipinski definition) is 2. The summed E-state index contributed by atoms with van der Waals surface area (Å²) in [5.74, 6) is -1.02. The molecule has 0 saturated heterocycles. The molecule has 0 N–H and O–H groups in total. The molecule has 0 aliphatic heterocycles. The van der Waals surface area contributed by atoms with Gasteiger partial charge in [0.05, 0.1) is 11.3 Å². The molecule has 0 fully saturated rings. The molecule has 0 bridgehead atoms. The van der Waals surface area contributed by atoms with Crippen LogP contribution in [0.5, 0.6) is 0 Å². The lowest BCUT2D eigenvalue weighted by Gasteiger charge is -2.03. The van der Waals surface area contributed by atoms with Gasteiger partial charge in [-0.15, -0.1) is 0 Å². The molecule has 0 aliphatic rings. The van der Waals surface area contributed by atoms with E-state index in [0.29, 0.717) is 10.9 Å². The smallest absolute Gasteiger partial charge is 0.236 e. The average Bonchev–Trinajstić information content (AvgIpc) is 2.52. The Balaban J connectivity index is 2.61. The van der Waals surface area contributed by atoms with Crippen LogP contribution in [-0.2, 0) is 21.9 Å². The fourth-order valence-corrected chi connectivity index (χ4v) is 2.60. The van der Waals surface area contributed by atoms with Gasteiger partial charge in [-0.05, 0) is 12.1 Å². The van der Waals surface area contributed by atoms with Crippen LogP contribution in [0.4, 0.5) is 4.39 Å². The minimum atomic E-state index is -3.74. The lowest BCUT2D eigenvalue weighted by molar-refractivity contribution is 0.601. The molecule has 3 nitrogen and oxygen atoms in total. The second-order valence-corrected chi connectivity index (χ2v) is 6.36. The van der Waals surface area contributed by atoms with Crippen LogP contribution in [0.1, 0.15) is 5.56 Å². The normalized spacial score (nSPS) is 12.2. The van der Waals surface area contributed by atoms with Crippen LogP contribution in [0.2, 0.25) is 0 Å². The molecule has 0 unspecified atom stereocenters. The number of hydrogen-bond donors (Lipinski definition) is 0. The molecule has 2 rings (SSSR count). The van der Waals surface area contributed by atoms with Crippen molar-refractivity contribution in [1.82, 2.24) is 4.57 Å². The van der Waals surface area contributed by atoms with Crippen molar-refractivity contribution in [2.75, 3.05) is 0 Å². The van der Waals surface area contributed by atoms with Gasteiger partial charge in [0.1, 0.15) is 5.82 Å². The molecule has 16 heavy (non-hydrogen) atoms. The summed E-state index contributed by atoms with van der Waals surface area (Å²) in [6.45, 7) is 0. The van der Waals surface area contributed by atoms with Crippen LogP contribution in [0, 0.1) is 5.82 Å². The van der Waals surface area contributed by atoms with Gasteiger partial charge in [-0.25, -0.2) is 12.8 Å². The number of nitrogens with zero attached hydrogens (tertiary/aromatic N) is 1. The van der Waals surface area contributed by atoms with Crippen molar-refractivity contribution >= 4 is 30.6 Å². The topological polar surface area (TPSA) is 39.1 Å². The maximum Gasteiger partial charge on any atom is 0.236 e. The maximum absolute atomic E-state index is 13.9. The predicted octanol–water partition coefficient (Wildman–Crippen LogP) is 2.39. The molecule has 1 heterocycles. The minimum Gasteiger partial charge on any atom is -0.350 e. The Morgan fingerprint density at radius 1 is 1.38 bits per heavy atom. The standard InChI is InChI=1S/C10H9ClFNO2S/c1-13-5-4-8-9(13)3-2-7(10(8)12)6-16(11,14)15/h2-5H,6H2,1H3. The number of aromatic nitrogens is 1. The van der Waals surface area contributed by atoms with Gasteiger partial charge in [0.15, 0.2) is 0 Å². The first-order valence-corrected chi connectivity index (χ1v) is 7.01. The van der Waals surface area contributed by atoms with Gasteiger partial charge in [0.25, 0.3) is 0 Å². The third-order valence-electron chi connectivity index (χ3n) is 2.41. The van der Waals surface area contributed by atoms with Gasteiger partial charge in [0.2, 0.25) is 9.05 Å². The lowest BCUT2D eigenvalue weighted by Crippen LogP contribution is -1.99. The number of benzene rings is 1. The number of fused-ring (bicyclic) bond motifs is 1. The first-order valence-electron chi connectivity index (χ1n) is 4.53. The van der Waals surface area contributed by atoms with Crippen LogP contribution in [-0.4, -0.2) is 13.0 Å². The minimum absolute atomic E-state index is 0.0914. The van der Waals surface area contributed by atoms with Crippen molar-refractivity contribution in [3.63, 3.8) is 0 Å². The van der Waals surface area contributed by atoms with Crippen LogP contribution >= 0.6 is 10.7 Å². The molecule has 0 amide bonds. The summed E-state index contributed by atoms with van der Waals surface area (Å²) in [6.07, 6.45) is 1.72. The Morgan fingerprint density at radius 3 is 2.69 bits per heavy atom. The van der Waals surface area contributed by atoms with Gasteiger partial charge < -0.3 is 4.57 Å². The summed E-state index contributed by atoms with van der Waals surface area (Å²) < 4.78 is 37.4. The highest BCUT2D eigenvalue weighted by Gasteiger charge is 2.14. The highest BCUT2D eigenvalue weighted by molar-refractivity contribution is 8.13. The summed E-state index contributed by atoms with van der Waals surface area (Å²) in [7, 11) is 3.15. The van der Waals surface area contributed by atoms with Crippen molar-refractivity contribution < 1.29 is 12.8 Å². The zero-order chi connectivity index (χ0) is 11.9. The van der Waals surface area contributed by atoms with Crippen molar-refractivity contribution in [3.05, 3.63) is 35.8 Å². The number of halogens is 2. The fraction of sp³-hybridized carbons (Fsp3) is 0.200. The van der Waals surface area contributed by atoms with E-state index in [9.17, 15) is 12.8 Å². The Labute approximate surface area is 96.9 Å². The summed E-state index contributed by atoms with van der Waals surface area (Å²) in [4.78, 5) is 0. The predicted molar refractivity (Wildman–Crippen MR) is 61.4 cm³/mol. The maximum atomic E-state index is 13.9. The van der Waals surface area contributed by atoms with Crippen LogP contribution in [0.25, 0.3) is 10.9 Å². The molecule has 0 spiro atoms. The monoisotopic (exact) mass is 261 g/mol. The van der Waals surface area contributed by atoms with Gasteiger partial charge in [0, 0.05) is 34.9 Å². The van der Waals surface area contributed by atoms with E-state index in [2.05, 4.69) is 0 Å². The van der Waals surface area contributed by atoms with E-state index in [4.69, 9.17) is 10.7 Å². The van der Waals surface area contributed by atoms with Gasteiger partial charge >= 0.3 is 0 Å². The van der Waals surface area contributed by atoms with E-state index in [0.717, 1.165) is 0 Å². The Kier molecular flexibility index (Phi) is 2.67. The summed E-state index contributed by atoms with van der Waals surface area (Å²) in [6, 6.07) is 4.72. The van der Waals surface area contributed by atoms with E-state index >= 15 is 0 Å². The number of aryl methyl sites for hydroxylation is 1. The quantitative estimate of drug-likeness (QED) is 0.779. The molecule has 0 atom stereocenters. The summed E-state index contributed by atoms with van der Waals surface area (Å²) >= 11 is 0. The van der Waals surface area contributed by atoms with E-state index < -0.39 is 20.6 Å². The lowest BCUT2D eigenvalue weighted by atomic mass is 10.1. The average molecular weight is 262 g/mol. The fourth-order valence-electron chi connectivity index (χ4n) is 1.66. The zero-order valence-electron chi connectivity index (χ0n) is 8.44. The highest BCUT2D eigenvalue weighted by Crippen LogP contribution is 2.23. The van der Waals surface area contributed by atoms with E-state index in [1.54, 1.807) is 29.9 Å². The van der Waals surface area contributed by atoms with Gasteiger partial charge in [-0.3, -0.25) is 0 Å². The molecular weight excluding hydrogens is 253 g/mol.